The lowest BCUT2D eigenvalue weighted by atomic mass is 10.1. The van der Waals surface area contributed by atoms with Crippen molar-refractivity contribution in [3.8, 4) is 0 Å². The average molecular weight is 373 g/mol. The van der Waals surface area contributed by atoms with Gasteiger partial charge in [-0.25, -0.2) is 0 Å². The number of carbonyl (C=O) groups excluding carboxylic acids is 2. The molecule has 5 heteroatoms. The lowest BCUT2D eigenvalue weighted by Crippen LogP contribution is -2.17. The molecule has 5 nitrogen and oxygen atoms in total. The van der Waals surface area contributed by atoms with Crippen molar-refractivity contribution in [3.63, 3.8) is 0 Å². The number of hydrogen-bond donors (Lipinski definition) is 2. The number of nitrogens with zero attached hydrogens (tertiary/aromatic N) is 1. The Morgan fingerprint density at radius 1 is 0.679 bits per heavy atom. The molecule has 0 spiro atoms. The molecule has 2 aromatic carbocycles. The molecule has 0 saturated carbocycles. The molecule has 0 fully saturated rings. The largest absolute Gasteiger partial charge is 0.322 e. The molecule has 2 amide bonds. The van der Waals surface area contributed by atoms with Crippen molar-refractivity contribution >= 4 is 23.2 Å². The number of hydrogen-bond acceptors (Lipinski definition) is 3. The highest BCUT2D eigenvalue weighted by Gasteiger charge is 2.13. The molecular weight excluding hydrogens is 350 g/mol. The summed E-state index contributed by atoms with van der Waals surface area (Å²) in [6, 6.07) is 13.2. The summed E-state index contributed by atoms with van der Waals surface area (Å²) >= 11 is 0. The fourth-order valence-corrected chi connectivity index (χ4v) is 2.98. The van der Waals surface area contributed by atoms with E-state index in [1.807, 2.05) is 64.1 Å². The van der Waals surface area contributed by atoms with Crippen molar-refractivity contribution < 1.29 is 9.59 Å². The van der Waals surface area contributed by atoms with Crippen LogP contribution in [-0.2, 0) is 0 Å². The molecule has 3 aromatic rings. The van der Waals surface area contributed by atoms with Crippen LogP contribution in [0.1, 0.15) is 43.0 Å². The van der Waals surface area contributed by atoms with E-state index in [0.29, 0.717) is 11.1 Å². The number of anilines is 2. The maximum atomic E-state index is 12.6. The second-order valence-corrected chi connectivity index (χ2v) is 7.01. The summed E-state index contributed by atoms with van der Waals surface area (Å²) < 4.78 is 0. The Hall–Kier alpha value is -3.47. The monoisotopic (exact) mass is 373 g/mol. The van der Waals surface area contributed by atoms with Gasteiger partial charge in [-0.2, -0.15) is 0 Å². The summed E-state index contributed by atoms with van der Waals surface area (Å²) in [7, 11) is 0. The molecule has 0 unspecified atom stereocenters. The molecule has 0 aliphatic heterocycles. The van der Waals surface area contributed by atoms with Gasteiger partial charge >= 0.3 is 0 Å². The average Bonchev–Trinajstić information content (AvgIpc) is 2.66. The third-order valence-electron chi connectivity index (χ3n) is 4.52. The van der Waals surface area contributed by atoms with Crippen molar-refractivity contribution in [3.05, 3.63) is 88.2 Å². The molecule has 1 aromatic heterocycles. The molecule has 0 bridgehead atoms. The molecule has 0 saturated heterocycles. The van der Waals surface area contributed by atoms with Crippen LogP contribution in [0.2, 0.25) is 0 Å². The van der Waals surface area contributed by atoms with Gasteiger partial charge in [0.15, 0.2) is 0 Å². The van der Waals surface area contributed by atoms with Crippen LogP contribution in [0.5, 0.6) is 0 Å². The summed E-state index contributed by atoms with van der Waals surface area (Å²) in [5.41, 5.74) is 6.34. The van der Waals surface area contributed by atoms with E-state index in [1.165, 1.54) is 12.4 Å². The van der Waals surface area contributed by atoms with Gasteiger partial charge in [0, 0.05) is 23.8 Å². The van der Waals surface area contributed by atoms with E-state index >= 15 is 0 Å². The maximum Gasteiger partial charge on any atom is 0.257 e. The van der Waals surface area contributed by atoms with E-state index in [0.717, 1.165) is 33.6 Å². The smallest absolute Gasteiger partial charge is 0.257 e. The summed E-state index contributed by atoms with van der Waals surface area (Å²) in [5, 5.41) is 5.75. The van der Waals surface area contributed by atoms with Gasteiger partial charge in [0.25, 0.3) is 11.8 Å². The highest BCUT2D eigenvalue weighted by atomic mass is 16.2. The normalized spacial score (nSPS) is 10.4. The Balaban J connectivity index is 1.77. The lowest BCUT2D eigenvalue weighted by molar-refractivity contribution is 0.102. The minimum Gasteiger partial charge on any atom is -0.322 e. The van der Waals surface area contributed by atoms with E-state index < -0.39 is 0 Å². The van der Waals surface area contributed by atoms with E-state index in [4.69, 9.17) is 0 Å². The van der Waals surface area contributed by atoms with Crippen LogP contribution in [-0.4, -0.2) is 16.8 Å². The minimum absolute atomic E-state index is 0.305. The zero-order valence-electron chi connectivity index (χ0n) is 16.5. The van der Waals surface area contributed by atoms with Gasteiger partial charge in [0.05, 0.1) is 11.1 Å². The molecule has 142 valence electrons. The highest BCUT2D eigenvalue weighted by Crippen LogP contribution is 2.19. The van der Waals surface area contributed by atoms with Gasteiger partial charge < -0.3 is 10.6 Å². The number of carbonyl (C=O) groups is 2. The third kappa shape index (κ3) is 4.43. The van der Waals surface area contributed by atoms with Crippen LogP contribution in [0, 0.1) is 27.7 Å². The Morgan fingerprint density at radius 2 is 1.11 bits per heavy atom. The first-order chi connectivity index (χ1) is 13.3. The summed E-state index contributed by atoms with van der Waals surface area (Å²) in [5.74, 6) is -0.610. The molecule has 0 radical (unpaired) electrons. The van der Waals surface area contributed by atoms with Gasteiger partial charge in [-0.05, 0) is 57.0 Å². The van der Waals surface area contributed by atoms with Crippen LogP contribution in [0.4, 0.5) is 11.4 Å². The molecule has 3 rings (SSSR count). The zero-order chi connectivity index (χ0) is 20.3. The number of rotatable bonds is 4. The topological polar surface area (TPSA) is 71.1 Å². The quantitative estimate of drug-likeness (QED) is 0.689. The van der Waals surface area contributed by atoms with Crippen molar-refractivity contribution in [1.82, 2.24) is 4.98 Å². The number of benzene rings is 2. The number of nitrogens with one attached hydrogen (secondary N) is 2. The van der Waals surface area contributed by atoms with Crippen LogP contribution >= 0.6 is 0 Å². The number of aromatic nitrogens is 1. The van der Waals surface area contributed by atoms with Crippen molar-refractivity contribution in [2.75, 3.05) is 10.6 Å². The Bertz CT molecular complexity index is 977. The molecule has 28 heavy (non-hydrogen) atoms. The maximum absolute atomic E-state index is 12.6. The molecule has 0 aliphatic carbocycles. The lowest BCUT2D eigenvalue weighted by Gasteiger charge is -2.11. The van der Waals surface area contributed by atoms with Crippen LogP contribution in [0.25, 0.3) is 0 Å². The first-order valence-electron chi connectivity index (χ1n) is 9.06. The fourth-order valence-electron chi connectivity index (χ4n) is 2.98. The van der Waals surface area contributed by atoms with Gasteiger partial charge in [-0.3, -0.25) is 14.6 Å². The highest BCUT2D eigenvalue weighted by molar-refractivity contribution is 6.08. The Morgan fingerprint density at radius 3 is 1.50 bits per heavy atom. The molecule has 2 N–H and O–H groups in total. The van der Waals surface area contributed by atoms with Crippen molar-refractivity contribution in [1.29, 1.82) is 0 Å². The first-order valence-corrected chi connectivity index (χ1v) is 9.06. The van der Waals surface area contributed by atoms with Gasteiger partial charge in [-0.1, -0.05) is 35.4 Å². The zero-order valence-corrected chi connectivity index (χ0v) is 16.5. The second-order valence-electron chi connectivity index (χ2n) is 7.01. The summed E-state index contributed by atoms with van der Waals surface area (Å²) in [6.45, 7) is 7.88. The summed E-state index contributed by atoms with van der Waals surface area (Å²) in [4.78, 5) is 29.2. The van der Waals surface area contributed by atoms with E-state index in [1.54, 1.807) is 6.07 Å². The van der Waals surface area contributed by atoms with Crippen LogP contribution < -0.4 is 10.6 Å². The molecule has 0 atom stereocenters. The van der Waals surface area contributed by atoms with Crippen molar-refractivity contribution in [2.24, 2.45) is 0 Å². The predicted molar refractivity (Wildman–Crippen MR) is 112 cm³/mol. The number of pyridine rings is 1. The van der Waals surface area contributed by atoms with E-state index in [2.05, 4.69) is 15.6 Å². The fraction of sp³-hybridized carbons (Fsp3) is 0.174. The SMILES string of the molecule is Cc1ccc(NC(=O)c2cncc(C(=O)Nc3ccc(C)cc3C)c2)c(C)c1. The van der Waals surface area contributed by atoms with Gasteiger partial charge in [0.2, 0.25) is 0 Å². The molecule has 0 aliphatic rings. The molecule has 1 heterocycles. The standard InChI is InChI=1S/C23H23N3O2/c1-14-5-7-20(16(3)9-14)25-22(27)18-11-19(13-24-12-18)23(28)26-21-8-6-15(2)10-17(21)4/h5-13H,1-4H3,(H,25,27)(H,26,28). The second kappa shape index (κ2) is 8.05. The first kappa shape index (κ1) is 19.3. The summed E-state index contributed by atoms with van der Waals surface area (Å²) in [6.07, 6.45) is 2.90. The van der Waals surface area contributed by atoms with E-state index in [-0.39, 0.29) is 11.8 Å². The van der Waals surface area contributed by atoms with Gasteiger partial charge in [-0.15, -0.1) is 0 Å². The van der Waals surface area contributed by atoms with E-state index in [9.17, 15) is 9.59 Å². The Kier molecular flexibility index (Phi) is 5.54. The van der Waals surface area contributed by atoms with Crippen molar-refractivity contribution in [2.45, 2.75) is 27.7 Å². The van der Waals surface area contributed by atoms with Crippen LogP contribution in [0.3, 0.4) is 0 Å². The van der Waals surface area contributed by atoms with Gasteiger partial charge in [0.1, 0.15) is 0 Å². The number of aryl methyl sites for hydroxylation is 4. The van der Waals surface area contributed by atoms with Crippen LogP contribution in [0.15, 0.2) is 54.9 Å². The minimum atomic E-state index is -0.305. The predicted octanol–water partition coefficient (Wildman–Crippen LogP) is 4.82. The third-order valence-corrected chi connectivity index (χ3v) is 4.52. The number of amides is 2. The Labute approximate surface area is 164 Å². The molecular formula is C23H23N3O2.